The van der Waals surface area contributed by atoms with Crippen LogP contribution in [0.5, 0.6) is 0 Å². The van der Waals surface area contributed by atoms with Gasteiger partial charge in [0.1, 0.15) is 5.70 Å². The first-order valence-electron chi connectivity index (χ1n) is 2.55. The fraction of sp³-hybridized carbons (Fsp3) is 0. The minimum atomic E-state index is -0.758. The molecule has 1 aliphatic heterocycles. The molecule has 0 fully saturated rings. The standard InChI is InChI=1S/C4H2N5O2/c5-9-8-2-1-6-4(11)7-3(2)10/h1H,(H,7,10,11). The highest BCUT2D eigenvalue weighted by molar-refractivity contribution is 6.06. The van der Waals surface area contributed by atoms with Gasteiger partial charge in [0, 0.05) is 11.1 Å². The zero-order valence-corrected chi connectivity index (χ0v) is 5.18. The minimum Gasteiger partial charge on any atom is -0.272 e. The van der Waals surface area contributed by atoms with E-state index in [2.05, 4.69) is 15.3 Å². The third-order valence-electron chi connectivity index (χ3n) is 0.910. The Balaban J connectivity index is 2.89. The van der Waals surface area contributed by atoms with E-state index in [0.717, 1.165) is 6.20 Å². The summed E-state index contributed by atoms with van der Waals surface area (Å²) in [5.41, 5.74) is 7.70. The van der Waals surface area contributed by atoms with Crippen molar-refractivity contribution >= 4 is 11.9 Å². The molecule has 0 saturated carbocycles. The summed E-state index contributed by atoms with van der Waals surface area (Å²) in [7, 11) is 0. The van der Waals surface area contributed by atoms with Gasteiger partial charge in [-0.15, -0.1) is 0 Å². The number of hydrogen-bond donors (Lipinski definition) is 1. The largest absolute Gasteiger partial charge is 0.347 e. The van der Waals surface area contributed by atoms with Crippen molar-refractivity contribution in [2.45, 2.75) is 0 Å². The van der Waals surface area contributed by atoms with Crippen LogP contribution in [0.1, 0.15) is 0 Å². The Kier molecular flexibility index (Phi) is 1.75. The van der Waals surface area contributed by atoms with Gasteiger partial charge in [-0.1, -0.05) is 5.11 Å². The molecule has 1 radical (unpaired) electrons. The highest BCUT2D eigenvalue weighted by Crippen LogP contribution is 1.99. The van der Waals surface area contributed by atoms with E-state index in [1.807, 2.05) is 5.32 Å². The molecule has 1 aliphatic rings. The first-order chi connectivity index (χ1) is 5.24. The summed E-state index contributed by atoms with van der Waals surface area (Å²) in [6.07, 6.45) is 0.918. The second-order valence-corrected chi connectivity index (χ2v) is 1.59. The predicted octanol–water partition coefficient (Wildman–Crippen LogP) is -0.00770. The molecule has 3 amide bonds. The zero-order valence-electron chi connectivity index (χ0n) is 5.18. The lowest BCUT2D eigenvalue weighted by Crippen LogP contribution is -2.38. The number of hydrogen-bond acceptors (Lipinski definition) is 3. The van der Waals surface area contributed by atoms with Crippen LogP contribution in [0.2, 0.25) is 0 Å². The van der Waals surface area contributed by atoms with Crippen molar-refractivity contribution in [3.8, 4) is 0 Å². The van der Waals surface area contributed by atoms with Gasteiger partial charge in [-0.2, -0.15) is 0 Å². The lowest BCUT2D eigenvalue weighted by Gasteiger charge is -2.06. The molecule has 0 aromatic heterocycles. The average molecular weight is 152 g/mol. The van der Waals surface area contributed by atoms with Crippen LogP contribution in [-0.4, -0.2) is 11.9 Å². The number of carbonyl (C=O) groups excluding carboxylic acids is 2. The Labute approximate surface area is 60.7 Å². The van der Waals surface area contributed by atoms with E-state index in [-0.39, 0.29) is 5.70 Å². The number of nitrogens with one attached hydrogen (secondary N) is 1. The molecule has 0 saturated heterocycles. The third kappa shape index (κ3) is 1.46. The first kappa shape index (κ1) is 7.10. The van der Waals surface area contributed by atoms with E-state index in [1.54, 1.807) is 0 Å². The molecule has 11 heavy (non-hydrogen) atoms. The smallest absolute Gasteiger partial charge is 0.272 e. The quantitative estimate of drug-likeness (QED) is 0.324. The second kappa shape index (κ2) is 2.72. The fourth-order valence-electron chi connectivity index (χ4n) is 0.491. The molecule has 1 N–H and O–H groups in total. The highest BCUT2D eigenvalue weighted by atomic mass is 16.2. The van der Waals surface area contributed by atoms with Crippen LogP contribution >= 0.6 is 0 Å². The van der Waals surface area contributed by atoms with Crippen LogP contribution in [-0.2, 0) is 4.79 Å². The molecule has 0 spiro atoms. The van der Waals surface area contributed by atoms with Gasteiger partial charge < -0.3 is 0 Å². The van der Waals surface area contributed by atoms with Crippen LogP contribution in [0.4, 0.5) is 4.79 Å². The summed E-state index contributed by atoms with van der Waals surface area (Å²) < 4.78 is 0. The lowest BCUT2D eigenvalue weighted by molar-refractivity contribution is -0.116. The summed E-state index contributed by atoms with van der Waals surface area (Å²) in [5, 5.41) is 8.00. The van der Waals surface area contributed by atoms with Crippen LogP contribution in [0.25, 0.3) is 10.4 Å². The van der Waals surface area contributed by atoms with Gasteiger partial charge in [0.2, 0.25) is 0 Å². The van der Waals surface area contributed by atoms with E-state index in [0.29, 0.717) is 0 Å². The molecule has 0 atom stereocenters. The Morgan fingerprint density at radius 2 is 2.36 bits per heavy atom. The molecule has 0 bridgehead atoms. The number of urea groups is 1. The average Bonchev–Trinajstić information content (AvgIpc) is 1.95. The van der Waals surface area contributed by atoms with Crippen LogP contribution in [0.15, 0.2) is 17.0 Å². The minimum absolute atomic E-state index is 0.216. The monoisotopic (exact) mass is 152 g/mol. The van der Waals surface area contributed by atoms with Crippen molar-refractivity contribution in [1.29, 1.82) is 0 Å². The Bertz CT molecular complexity index is 287. The maximum Gasteiger partial charge on any atom is 0.347 e. The molecular formula is C4H2N5O2. The van der Waals surface area contributed by atoms with Crippen molar-refractivity contribution in [3.63, 3.8) is 0 Å². The molecule has 0 aromatic carbocycles. The molecule has 1 heterocycles. The highest BCUT2D eigenvalue weighted by Gasteiger charge is 2.17. The normalized spacial score (nSPS) is 15.8. The molecule has 0 aromatic rings. The van der Waals surface area contributed by atoms with Gasteiger partial charge in [0.15, 0.2) is 0 Å². The molecule has 7 heteroatoms. The second-order valence-electron chi connectivity index (χ2n) is 1.59. The van der Waals surface area contributed by atoms with Crippen molar-refractivity contribution in [3.05, 3.63) is 22.3 Å². The summed E-state index contributed by atoms with van der Waals surface area (Å²) in [5.74, 6) is -0.734. The zero-order chi connectivity index (χ0) is 8.27. The fourth-order valence-corrected chi connectivity index (χ4v) is 0.491. The van der Waals surface area contributed by atoms with Gasteiger partial charge in [-0.3, -0.25) is 10.1 Å². The Hall–Kier alpha value is -2.01. The van der Waals surface area contributed by atoms with E-state index >= 15 is 0 Å². The van der Waals surface area contributed by atoms with Gasteiger partial charge in [-0.05, 0) is 5.53 Å². The summed E-state index contributed by atoms with van der Waals surface area (Å²) >= 11 is 0. The Morgan fingerprint density at radius 1 is 1.64 bits per heavy atom. The van der Waals surface area contributed by atoms with Crippen LogP contribution < -0.4 is 10.6 Å². The molecule has 7 nitrogen and oxygen atoms in total. The van der Waals surface area contributed by atoms with Crippen molar-refractivity contribution in [2.24, 2.45) is 5.11 Å². The molecule has 1 rings (SSSR count). The molecule has 55 valence electrons. The molecule has 0 aliphatic carbocycles. The Morgan fingerprint density at radius 3 is 2.91 bits per heavy atom. The number of carbonyl (C=O) groups is 2. The lowest BCUT2D eigenvalue weighted by atomic mass is 10.4. The number of azide groups is 1. The van der Waals surface area contributed by atoms with E-state index in [4.69, 9.17) is 5.53 Å². The van der Waals surface area contributed by atoms with Gasteiger partial charge >= 0.3 is 6.03 Å². The summed E-state index contributed by atoms with van der Waals surface area (Å²) in [4.78, 5) is 23.4. The topological polar surface area (TPSA) is 109 Å². The third-order valence-corrected chi connectivity index (χ3v) is 0.910. The first-order valence-corrected chi connectivity index (χ1v) is 2.55. The van der Waals surface area contributed by atoms with Crippen LogP contribution in [0.3, 0.4) is 0 Å². The van der Waals surface area contributed by atoms with Gasteiger partial charge in [0.05, 0.1) is 0 Å². The summed E-state index contributed by atoms with van der Waals surface area (Å²) in [6.45, 7) is 0. The van der Waals surface area contributed by atoms with Crippen molar-refractivity contribution in [2.75, 3.05) is 0 Å². The number of amides is 3. The molecule has 0 unspecified atom stereocenters. The van der Waals surface area contributed by atoms with Crippen molar-refractivity contribution < 1.29 is 9.59 Å². The SMILES string of the molecule is [N-]=[N+]=NC1=C[N]C(=O)NC1=O. The number of imide groups is 1. The predicted molar refractivity (Wildman–Crippen MR) is 32.9 cm³/mol. The maximum absolute atomic E-state index is 10.7. The molecular weight excluding hydrogens is 150 g/mol. The van der Waals surface area contributed by atoms with Crippen molar-refractivity contribution in [1.82, 2.24) is 10.6 Å². The van der Waals surface area contributed by atoms with E-state index in [9.17, 15) is 9.59 Å². The van der Waals surface area contributed by atoms with Gasteiger partial charge in [0.25, 0.3) is 5.91 Å². The van der Waals surface area contributed by atoms with Gasteiger partial charge in [-0.25, -0.2) is 10.1 Å². The number of nitrogens with zero attached hydrogens (tertiary/aromatic N) is 4. The number of rotatable bonds is 1. The maximum atomic E-state index is 10.7. The summed E-state index contributed by atoms with van der Waals surface area (Å²) in [6, 6.07) is -0.758. The van der Waals surface area contributed by atoms with E-state index in [1.165, 1.54) is 0 Å². The van der Waals surface area contributed by atoms with E-state index < -0.39 is 11.9 Å². The van der Waals surface area contributed by atoms with Crippen LogP contribution in [0, 0.1) is 0 Å².